The summed E-state index contributed by atoms with van der Waals surface area (Å²) < 4.78 is 44.1. The molecule has 1 aromatic heterocycles. The van der Waals surface area contributed by atoms with Crippen molar-refractivity contribution in [1.82, 2.24) is 4.98 Å². The summed E-state index contributed by atoms with van der Waals surface area (Å²) in [6, 6.07) is 4.91. The lowest BCUT2D eigenvalue weighted by Crippen LogP contribution is -2.27. The van der Waals surface area contributed by atoms with Gasteiger partial charge in [0, 0.05) is 11.5 Å². The molecule has 1 aromatic carbocycles. The van der Waals surface area contributed by atoms with E-state index in [9.17, 15) is 23.0 Å². The van der Waals surface area contributed by atoms with E-state index >= 15 is 0 Å². The van der Waals surface area contributed by atoms with Crippen LogP contribution in [0.3, 0.4) is 0 Å². The van der Waals surface area contributed by atoms with Crippen molar-refractivity contribution in [2.75, 3.05) is 0 Å². The molecule has 8 heteroatoms. The third-order valence-electron chi connectivity index (χ3n) is 4.28. The first-order chi connectivity index (χ1) is 10.8. The van der Waals surface area contributed by atoms with Crippen molar-refractivity contribution in [3.8, 4) is 11.8 Å². The molecular weight excluding hydrogens is 325 g/mol. The number of aromatic amines is 1. The zero-order valence-corrected chi connectivity index (χ0v) is 12.5. The van der Waals surface area contributed by atoms with Gasteiger partial charge in [0.2, 0.25) is 0 Å². The maximum absolute atomic E-state index is 13.8. The molecule has 6 nitrogen and oxygen atoms in total. The molecule has 4 rings (SSSR count). The second-order valence-electron chi connectivity index (χ2n) is 5.64. The van der Waals surface area contributed by atoms with Crippen LogP contribution >= 0.6 is 0 Å². The third kappa shape index (κ3) is 1.85. The molecule has 0 amide bonds. The number of aromatic nitrogens is 1. The van der Waals surface area contributed by atoms with Crippen LogP contribution in [0.5, 0.6) is 11.8 Å². The highest BCUT2D eigenvalue weighted by Gasteiger charge is 2.54. The molecule has 1 heterocycles. The molecule has 2 aliphatic rings. The molecule has 2 aliphatic carbocycles. The molecule has 23 heavy (non-hydrogen) atoms. The van der Waals surface area contributed by atoms with Gasteiger partial charge in [0.1, 0.15) is 16.3 Å². The van der Waals surface area contributed by atoms with Crippen LogP contribution in [-0.4, -0.2) is 23.6 Å². The summed E-state index contributed by atoms with van der Waals surface area (Å²) in [5.41, 5.74) is -0.848. The Bertz CT molecular complexity index is 949. The molecule has 3 N–H and O–H groups in total. The molecule has 0 saturated carbocycles. The minimum atomic E-state index is -4.40. The predicted octanol–water partition coefficient (Wildman–Crippen LogP) is 2.22. The van der Waals surface area contributed by atoms with Crippen LogP contribution in [0.1, 0.15) is 23.5 Å². The Morgan fingerprint density at radius 2 is 2.00 bits per heavy atom. The Morgan fingerprint density at radius 3 is 2.74 bits per heavy atom. The molecule has 0 radical (unpaired) electrons. The van der Waals surface area contributed by atoms with E-state index in [-0.39, 0.29) is 29.7 Å². The van der Waals surface area contributed by atoms with E-state index in [2.05, 4.69) is 4.98 Å². The standard InChI is InChI=1S/C15H12FNO5S/c16-9-3-1-2-4-10(9)23(20,21)22-15-6-5-8(7-15)11-12(15)14(19)17-13(11)18/h1-6,8,17-19H,7H2. The number of nitrogens with one attached hydrogen (secondary N) is 1. The van der Waals surface area contributed by atoms with Crippen molar-refractivity contribution in [3.05, 3.63) is 53.4 Å². The Kier molecular flexibility index (Phi) is 2.71. The summed E-state index contributed by atoms with van der Waals surface area (Å²) in [5.74, 6) is -1.76. The molecule has 0 aliphatic heterocycles. The summed E-state index contributed by atoms with van der Waals surface area (Å²) in [6.07, 6.45) is 3.44. The number of halogens is 1. The van der Waals surface area contributed by atoms with Crippen LogP contribution < -0.4 is 0 Å². The number of fused-ring (bicyclic) bond motifs is 5. The molecule has 2 atom stereocenters. The number of hydrogen-bond acceptors (Lipinski definition) is 5. The minimum Gasteiger partial charge on any atom is -0.494 e. The zero-order valence-electron chi connectivity index (χ0n) is 11.7. The van der Waals surface area contributed by atoms with Gasteiger partial charge in [-0.3, -0.25) is 9.17 Å². The summed E-state index contributed by atoms with van der Waals surface area (Å²) in [6.45, 7) is 0. The van der Waals surface area contributed by atoms with E-state index in [1.54, 1.807) is 6.08 Å². The SMILES string of the molecule is O=S(=O)(OC12C=CC(C1)c1c(O)[nH]c(O)c12)c1ccccc1F. The Morgan fingerprint density at radius 1 is 1.26 bits per heavy atom. The van der Waals surface area contributed by atoms with Gasteiger partial charge >= 0.3 is 10.1 Å². The first kappa shape index (κ1) is 14.3. The first-order valence-electron chi connectivity index (χ1n) is 6.88. The fourth-order valence-corrected chi connectivity index (χ4v) is 4.63. The van der Waals surface area contributed by atoms with Gasteiger partial charge < -0.3 is 10.2 Å². The van der Waals surface area contributed by atoms with Gasteiger partial charge in [-0.15, -0.1) is 0 Å². The maximum Gasteiger partial charge on any atom is 0.301 e. The molecular formula is C15H12FNO5S. The van der Waals surface area contributed by atoms with Gasteiger partial charge in [-0.25, -0.2) is 4.39 Å². The molecule has 0 saturated heterocycles. The number of H-pyrrole nitrogens is 1. The van der Waals surface area contributed by atoms with Crippen LogP contribution in [0.15, 0.2) is 41.3 Å². The average Bonchev–Trinajstić information content (AvgIpc) is 3.10. The summed E-state index contributed by atoms with van der Waals surface area (Å²) in [4.78, 5) is 1.79. The smallest absolute Gasteiger partial charge is 0.301 e. The van der Waals surface area contributed by atoms with Gasteiger partial charge in [-0.1, -0.05) is 18.2 Å². The molecule has 0 fully saturated rings. The zero-order chi connectivity index (χ0) is 16.4. The topological polar surface area (TPSA) is 99.6 Å². The molecule has 2 bridgehead atoms. The Labute approximate surface area is 131 Å². The van der Waals surface area contributed by atoms with Gasteiger partial charge in [0.25, 0.3) is 0 Å². The predicted molar refractivity (Wildman–Crippen MR) is 77.0 cm³/mol. The van der Waals surface area contributed by atoms with Crippen molar-refractivity contribution in [2.45, 2.75) is 22.8 Å². The quantitative estimate of drug-likeness (QED) is 0.589. The van der Waals surface area contributed by atoms with Gasteiger partial charge in [-0.2, -0.15) is 8.42 Å². The largest absolute Gasteiger partial charge is 0.494 e. The van der Waals surface area contributed by atoms with E-state index in [0.29, 0.717) is 5.56 Å². The van der Waals surface area contributed by atoms with E-state index in [1.807, 2.05) is 0 Å². The molecule has 0 spiro atoms. The van der Waals surface area contributed by atoms with Crippen molar-refractivity contribution < 1.29 is 27.2 Å². The highest BCUT2D eigenvalue weighted by Crippen LogP contribution is 2.59. The van der Waals surface area contributed by atoms with Crippen LogP contribution in [0.2, 0.25) is 0 Å². The summed E-state index contributed by atoms with van der Waals surface area (Å²) in [5, 5.41) is 19.8. The van der Waals surface area contributed by atoms with Gasteiger partial charge in [0.05, 0.1) is 5.56 Å². The lowest BCUT2D eigenvalue weighted by molar-refractivity contribution is 0.131. The van der Waals surface area contributed by atoms with Crippen molar-refractivity contribution in [2.24, 2.45) is 0 Å². The van der Waals surface area contributed by atoms with E-state index in [1.165, 1.54) is 18.2 Å². The normalized spacial score (nSPS) is 25.0. The summed E-state index contributed by atoms with van der Waals surface area (Å²) >= 11 is 0. The number of hydrogen-bond donors (Lipinski definition) is 3. The monoisotopic (exact) mass is 337 g/mol. The van der Waals surface area contributed by atoms with Crippen LogP contribution in [0.4, 0.5) is 4.39 Å². The van der Waals surface area contributed by atoms with Crippen molar-refractivity contribution >= 4 is 10.1 Å². The fraction of sp³-hybridized carbons (Fsp3) is 0.200. The Balaban J connectivity index is 1.82. The maximum atomic E-state index is 13.8. The van der Waals surface area contributed by atoms with Crippen LogP contribution in [-0.2, 0) is 19.9 Å². The van der Waals surface area contributed by atoms with E-state index in [0.717, 1.165) is 12.1 Å². The first-order valence-corrected chi connectivity index (χ1v) is 8.29. The van der Waals surface area contributed by atoms with Crippen molar-refractivity contribution in [3.63, 3.8) is 0 Å². The number of benzene rings is 1. The lowest BCUT2D eigenvalue weighted by Gasteiger charge is -2.24. The van der Waals surface area contributed by atoms with Crippen LogP contribution in [0, 0.1) is 5.82 Å². The van der Waals surface area contributed by atoms with Gasteiger partial charge in [-0.05, 0) is 24.6 Å². The summed E-state index contributed by atoms with van der Waals surface area (Å²) in [7, 11) is -4.40. The van der Waals surface area contributed by atoms with Crippen molar-refractivity contribution in [1.29, 1.82) is 0 Å². The van der Waals surface area contributed by atoms with E-state index in [4.69, 9.17) is 4.18 Å². The van der Waals surface area contributed by atoms with Gasteiger partial charge in [0.15, 0.2) is 11.8 Å². The second kappa shape index (κ2) is 4.36. The van der Waals surface area contributed by atoms with E-state index < -0.39 is 26.4 Å². The Hall–Kier alpha value is -2.32. The fourth-order valence-electron chi connectivity index (χ4n) is 3.39. The third-order valence-corrected chi connectivity index (χ3v) is 5.66. The minimum absolute atomic E-state index is 0.183. The molecule has 2 unspecified atom stereocenters. The number of allylic oxidation sites excluding steroid dienone is 1. The molecule has 2 aromatic rings. The van der Waals surface area contributed by atoms with Crippen LogP contribution in [0.25, 0.3) is 0 Å². The average molecular weight is 337 g/mol. The number of aromatic hydroxyl groups is 2. The highest BCUT2D eigenvalue weighted by atomic mass is 32.2. The molecule has 120 valence electrons. The lowest BCUT2D eigenvalue weighted by atomic mass is 9.98. The second-order valence-corrected chi connectivity index (χ2v) is 7.15. The number of rotatable bonds is 3. The highest BCUT2D eigenvalue weighted by molar-refractivity contribution is 7.86.